The lowest BCUT2D eigenvalue weighted by molar-refractivity contribution is -0.129. The molecule has 0 bridgehead atoms. The van der Waals surface area contributed by atoms with Crippen LogP contribution in [0.1, 0.15) is 36.2 Å². The Morgan fingerprint density at radius 1 is 1.42 bits per heavy atom. The Balaban J connectivity index is 1.69. The van der Waals surface area contributed by atoms with E-state index < -0.39 is 12.0 Å². The monoisotopic (exact) mass is 284 g/mol. The van der Waals surface area contributed by atoms with Crippen LogP contribution in [0.25, 0.3) is 0 Å². The van der Waals surface area contributed by atoms with Gasteiger partial charge in [-0.05, 0) is 33.1 Å². The van der Waals surface area contributed by atoms with Crippen molar-refractivity contribution in [2.45, 2.75) is 45.1 Å². The summed E-state index contributed by atoms with van der Waals surface area (Å²) in [7, 11) is 0. The van der Waals surface area contributed by atoms with Crippen molar-refractivity contribution in [3.63, 3.8) is 0 Å². The average Bonchev–Trinajstić information content (AvgIpc) is 2.70. The van der Waals surface area contributed by atoms with Crippen LogP contribution in [0, 0.1) is 6.92 Å². The molecule has 1 fully saturated rings. The lowest BCUT2D eigenvalue weighted by Crippen LogP contribution is -2.52. The first-order chi connectivity index (χ1) is 8.97. The zero-order valence-corrected chi connectivity index (χ0v) is 11.7. The van der Waals surface area contributed by atoms with Crippen LogP contribution in [0.5, 0.6) is 0 Å². The Kier molecular flexibility index (Phi) is 3.98. The summed E-state index contributed by atoms with van der Waals surface area (Å²) >= 11 is 1.33. The van der Waals surface area contributed by atoms with Gasteiger partial charge in [0.15, 0.2) is 0 Å². The molecule has 0 radical (unpaired) electrons. The highest BCUT2D eigenvalue weighted by Crippen LogP contribution is 2.30. The molecule has 1 aliphatic carbocycles. The van der Waals surface area contributed by atoms with Gasteiger partial charge in [-0.2, -0.15) is 5.48 Å². The maximum atomic E-state index is 11.5. The molecule has 19 heavy (non-hydrogen) atoms. The topological polar surface area (TPSA) is 93.2 Å². The molecule has 0 atom stereocenters. The Morgan fingerprint density at radius 3 is 2.68 bits per heavy atom. The van der Waals surface area contributed by atoms with Gasteiger partial charge in [0.25, 0.3) is 5.91 Å². The zero-order valence-electron chi connectivity index (χ0n) is 10.9. The smallest absolute Gasteiger partial charge is 0.322 e. The van der Waals surface area contributed by atoms with Gasteiger partial charge >= 0.3 is 6.09 Å². The van der Waals surface area contributed by atoms with E-state index in [4.69, 9.17) is 0 Å². The molecular weight excluding hydrogens is 268 g/mol. The Bertz CT molecular complexity index is 484. The fourth-order valence-electron chi connectivity index (χ4n) is 1.79. The minimum Gasteiger partial charge on any atom is -0.322 e. The summed E-state index contributed by atoms with van der Waals surface area (Å²) in [6.45, 7) is 3.76. The van der Waals surface area contributed by atoms with Crippen molar-refractivity contribution < 1.29 is 14.4 Å². The van der Waals surface area contributed by atoms with Gasteiger partial charge in [0.1, 0.15) is 10.0 Å². The number of carbonyl (C=O) groups is 2. The van der Waals surface area contributed by atoms with Gasteiger partial charge in [0.05, 0.1) is 6.42 Å². The molecule has 1 aromatic rings. The van der Waals surface area contributed by atoms with Gasteiger partial charge < -0.3 is 10.2 Å². The first-order valence-corrected chi connectivity index (χ1v) is 6.85. The molecule has 1 aromatic heterocycles. The minimum absolute atomic E-state index is 0.0516. The van der Waals surface area contributed by atoms with Crippen LogP contribution in [-0.2, 0) is 16.1 Å². The summed E-state index contributed by atoms with van der Waals surface area (Å²) in [6.07, 6.45) is 2.37. The van der Waals surface area contributed by atoms with E-state index in [2.05, 4.69) is 25.8 Å². The van der Waals surface area contributed by atoms with Gasteiger partial charge in [-0.3, -0.25) is 4.79 Å². The van der Waals surface area contributed by atoms with Crippen LogP contribution < -0.4 is 10.8 Å². The number of rotatable bonds is 3. The van der Waals surface area contributed by atoms with Gasteiger partial charge in [-0.1, -0.05) is 0 Å². The normalized spacial score (nSPS) is 16.3. The standard InChI is InChI=1S/C11H16N4O3S/c1-7-13-14-9(19-7)6-8(16)15-18-10(17)12-11(2)4-3-5-11/h3-6H2,1-2H3,(H,12,17)(H,15,16). The molecule has 7 nitrogen and oxygen atoms in total. The predicted molar refractivity (Wildman–Crippen MR) is 68.4 cm³/mol. The van der Waals surface area contributed by atoms with Crippen molar-refractivity contribution in [2.75, 3.05) is 0 Å². The van der Waals surface area contributed by atoms with Crippen molar-refractivity contribution in [1.82, 2.24) is 21.0 Å². The lowest BCUT2D eigenvalue weighted by Gasteiger charge is -2.38. The number of nitrogens with one attached hydrogen (secondary N) is 2. The molecular formula is C11H16N4O3S. The van der Waals surface area contributed by atoms with Crippen LogP contribution in [0.2, 0.25) is 0 Å². The number of aryl methyl sites for hydroxylation is 1. The van der Waals surface area contributed by atoms with E-state index in [-0.39, 0.29) is 12.0 Å². The number of hydrogen-bond acceptors (Lipinski definition) is 6. The van der Waals surface area contributed by atoms with Gasteiger partial charge in [-0.15, -0.1) is 21.5 Å². The van der Waals surface area contributed by atoms with Crippen LogP contribution in [-0.4, -0.2) is 27.7 Å². The third kappa shape index (κ3) is 3.88. The van der Waals surface area contributed by atoms with Crippen LogP contribution in [0.3, 0.4) is 0 Å². The molecule has 2 amide bonds. The summed E-state index contributed by atoms with van der Waals surface area (Å²) in [6, 6.07) is 0. The summed E-state index contributed by atoms with van der Waals surface area (Å²) in [5, 5.41) is 11.7. The predicted octanol–water partition coefficient (Wildman–Crippen LogP) is 1.09. The molecule has 0 aliphatic heterocycles. The number of hydrogen-bond donors (Lipinski definition) is 2. The molecule has 2 rings (SSSR count). The Morgan fingerprint density at radius 2 is 2.16 bits per heavy atom. The van der Waals surface area contributed by atoms with Crippen molar-refractivity contribution in [3.05, 3.63) is 10.0 Å². The second kappa shape index (κ2) is 5.52. The van der Waals surface area contributed by atoms with Crippen molar-refractivity contribution >= 4 is 23.3 Å². The summed E-state index contributed by atoms with van der Waals surface area (Å²) in [5.74, 6) is -0.426. The van der Waals surface area contributed by atoms with Gasteiger partial charge in [-0.25, -0.2) is 4.79 Å². The van der Waals surface area contributed by atoms with Crippen LogP contribution >= 0.6 is 11.3 Å². The maximum absolute atomic E-state index is 11.5. The quantitative estimate of drug-likeness (QED) is 0.810. The van der Waals surface area contributed by atoms with Gasteiger partial charge in [0, 0.05) is 5.54 Å². The van der Waals surface area contributed by atoms with E-state index in [0.717, 1.165) is 24.3 Å². The number of amides is 2. The first kappa shape index (κ1) is 13.7. The largest absolute Gasteiger partial charge is 0.431 e. The minimum atomic E-state index is -0.635. The highest BCUT2D eigenvalue weighted by Gasteiger charge is 2.33. The van der Waals surface area contributed by atoms with E-state index in [9.17, 15) is 9.59 Å². The second-order valence-corrected chi connectivity index (χ2v) is 6.11. The van der Waals surface area contributed by atoms with E-state index in [1.807, 2.05) is 13.8 Å². The number of carbonyl (C=O) groups excluding carboxylic acids is 2. The van der Waals surface area contributed by atoms with Crippen LogP contribution in [0.4, 0.5) is 4.79 Å². The van der Waals surface area contributed by atoms with Gasteiger partial charge in [0.2, 0.25) is 0 Å². The Hall–Kier alpha value is -1.70. The van der Waals surface area contributed by atoms with E-state index >= 15 is 0 Å². The highest BCUT2D eigenvalue weighted by molar-refractivity contribution is 7.11. The number of hydroxylamine groups is 1. The number of nitrogens with zero attached hydrogens (tertiary/aromatic N) is 2. The van der Waals surface area contributed by atoms with Crippen molar-refractivity contribution in [3.8, 4) is 0 Å². The van der Waals surface area contributed by atoms with E-state index in [0.29, 0.717) is 5.01 Å². The Labute approximate surface area is 114 Å². The molecule has 1 saturated carbocycles. The van der Waals surface area contributed by atoms with E-state index in [1.54, 1.807) is 0 Å². The molecule has 8 heteroatoms. The summed E-state index contributed by atoms with van der Waals surface area (Å²) in [4.78, 5) is 27.6. The summed E-state index contributed by atoms with van der Waals surface area (Å²) < 4.78 is 0. The van der Waals surface area contributed by atoms with Crippen LogP contribution in [0.15, 0.2) is 0 Å². The van der Waals surface area contributed by atoms with E-state index in [1.165, 1.54) is 11.3 Å². The van der Waals surface area contributed by atoms with Crippen molar-refractivity contribution in [1.29, 1.82) is 0 Å². The number of aromatic nitrogens is 2. The third-order valence-electron chi connectivity index (χ3n) is 3.00. The first-order valence-electron chi connectivity index (χ1n) is 6.04. The maximum Gasteiger partial charge on any atom is 0.431 e. The molecule has 104 valence electrons. The fraction of sp³-hybridized carbons (Fsp3) is 0.636. The molecule has 0 unspecified atom stereocenters. The molecule has 1 heterocycles. The molecule has 0 saturated heterocycles. The molecule has 2 N–H and O–H groups in total. The lowest BCUT2D eigenvalue weighted by atomic mass is 9.79. The summed E-state index contributed by atoms with van der Waals surface area (Å²) in [5.41, 5.74) is 1.90. The SMILES string of the molecule is Cc1nnc(CC(=O)NOC(=O)NC2(C)CCC2)s1. The second-order valence-electron chi connectivity index (χ2n) is 4.85. The zero-order chi connectivity index (χ0) is 13.9. The highest BCUT2D eigenvalue weighted by atomic mass is 32.1. The average molecular weight is 284 g/mol. The third-order valence-corrected chi connectivity index (χ3v) is 3.84. The molecule has 0 spiro atoms. The molecule has 1 aliphatic rings. The molecule has 0 aromatic carbocycles. The van der Waals surface area contributed by atoms with Crippen molar-refractivity contribution in [2.24, 2.45) is 0 Å². The fourth-order valence-corrected chi connectivity index (χ4v) is 2.50.